The number of nitrogens with zero attached hydrogens (tertiary/aromatic N) is 3. The van der Waals surface area contributed by atoms with Crippen LogP contribution in [0.2, 0.25) is 0 Å². The Morgan fingerprint density at radius 2 is 1.04 bits per heavy atom. The molecule has 1 atom stereocenters. The second kappa shape index (κ2) is 12.4. The minimum Gasteiger partial charge on any atom is -0.456 e. The lowest BCUT2D eigenvalue weighted by atomic mass is 9.92. The zero-order valence-electron chi connectivity index (χ0n) is 30.0. The van der Waals surface area contributed by atoms with Gasteiger partial charge in [0.05, 0.1) is 0 Å². The Morgan fingerprint density at radius 3 is 1.80 bits per heavy atom. The molecule has 0 fully saturated rings. The first kappa shape index (κ1) is 31.3. The number of furan rings is 2. The first-order valence-electron chi connectivity index (χ1n) is 18.6. The van der Waals surface area contributed by atoms with Gasteiger partial charge in [0.25, 0.3) is 0 Å². The first-order chi connectivity index (χ1) is 27.2. The summed E-state index contributed by atoms with van der Waals surface area (Å²) in [5.41, 5.74) is 11.0. The zero-order chi connectivity index (χ0) is 36.5. The SMILES string of the molecule is CN1C(c2ccc(-c3ccccc3)cc2)=NC(c2cc(-c3cccc4oc5ccccc5c34)c3ccccc3c2)=NC1c1cccc2oc3ccccc3c12. The summed E-state index contributed by atoms with van der Waals surface area (Å²) in [5, 5.41) is 6.61. The first-order valence-corrected chi connectivity index (χ1v) is 18.6. The number of rotatable bonds is 5. The second-order valence-corrected chi connectivity index (χ2v) is 14.2. The second-order valence-electron chi connectivity index (χ2n) is 14.2. The van der Waals surface area contributed by atoms with Gasteiger partial charge in [-0.15, -0.1) is 0 Å². The van der Waals surface area contributed by atoms with Gasteiger partial charge in [0.1, 0.15) is 28.2 Å². The van der Waals surface area contributed by atoms with Crippen LogP contribution in [0.4, 0.5) is 0 Å². The van der Waals surface area contributed by atoms with Crippen LogP contribution in [0.25, 0.3) is 76.9 Å². The molecule has 5 heteroatoms. The van der Waals surface area contributed by atoms with Crippen LogP contribution < -0.4 is 0 Å². The van der Waals surface area contributed by atoms with Gasteiger partial charge in [-0.1, -0.05) is 140 Å². The molecule has 8 aromatic carbocycles. The molecule has 0 radical (unpaired) electrons. The van der Waals surface area contributed by atoms with Gasteiger partial charge in [0.2, 0.25) is 0 Å². The molecular formula is C50H33N3O2. The summed E-state index contributed by atoms with van der Waals surface area (Å²) < 4.78 is 12.7. The van der Waals surface area contributed by atoms with Crippen LogP contribution in [-0.2, 0) is 0 Å². The molecule has 1 aliphatic heterocycles. The highest BCUT2D eigenvalue weighted by atomic mass is 16.3. The molecule has 3 heterocycles. The fourth-order valence-corrected chi connectivity index (χ4v) is 8.33. The minimum absolute atomic E-state index is 0.378. The lowest BCUT2D eigenvalue weighted by Gasteiger charge is -2.33. The molecule has 0 saturated carbocycles. The van der Waals surface area contributed by atoms with Gasteiger partial charge in [-0.3, -0.25) is 0 Å². The van der Waals surface area contributed by atoms with Gasteiger partial charge in [0.15, 0.2) is 12.0 Å². The lowest BCUT2D eigenvalue weighted by Crippen LogP contribution is -2.35. The molecule has 11 rings (SSSR count). The van der Waals surface area contributed by atoms with Crippen molar-refractivity contribution in [1.29, 1.82) is 0 Å². The molecule has 5 nitrogen and oxygen atoms in total. The molecule has 10 aromatic rings. The normalized spacial score (nSPS) is 14.6. The molecule has 1 aliphatic rings. The van der Waals surface area contributed by atoms with Crippen LogP contribution in [0.1, 0.15) is 22.9 Å². The third-order valence-electron chi connectivity index (χ3n) is 10.9. The van der Waals surface area contributed by atoms with E-state index in [1.807, 2.05) is 36.4 Å². The number of amidine groups is 2. The number of hydrogen-bond acceptors (Lipinski definition) is 5. The number of aliphatic imine (C=N–C) groups is 2. The molecule has 2 aromatic heterocycles. The average Bonchev–Trinajstić information content (AvgIpc) is 3.83. The lowest BCUT2D eigenvalue weighted by molar-refractivity contribution is 0.385. The summed E-state index contributed by atoms with van der Waals surface area (Å²) in [7, 11) is 2.09. The van der Waals surface area contributed by atoms with Crippen molar-refractivity contribution in [3.8, 4) is 22.3 Å². The summed E-state index contributed by atoms with van der Waals surface area (Å²) in [6.45, 7) is 0. The highest BCUT2D eigenvalue weighted by Crippen LogP contribution is 2.42. The van der Waals surface area contributed by atoms with Crippen LogP contribution in [0.3, 0.4) is 0 Å². The maximum Gasteiger partial charge on any atom is 0.159 e. The Kier molecular flexibility index (Phi) is 7.07. The van der Waals surface area contributed by atoms with Crippen LogP contribution in [0.5, 0.6) is 0 Å². The standard InChI is InChI=1S/C50H33N3O2/c1-53-49(33-27-25-32(26-28-33)31-13-3-2-4-14-31)51-48(52-50(53)40-20-12-24-45-47(40)39-18-8-10-22-43(39)55-45)35-29-34-15-5-6-16-36(34)41(30-35)37-19-11-23-44-46(37)38-17-7-9-21-42(38)54-44/h2-30,50H,1H3. The third-order valence-corrected chi connectivity index (χ3v) is 10.9. The molecule has 0 bridgehead atoms. The largest absolute Gasteiger partial charge is 0.456 e. The van der Waals surface area contributed by atoms with E-state index in [1.54, 1.807) is 0 Å². The van der Waals surface area contributed by atoms with Gasteiger partial charge < -0.3 is 13.7 Å². The monoisotopic (exact) mass is 707 g/mol. The molecular weight excluding hydrogens is 675 g/mol. The fourth-order valence-electron chi connectivity index (χ4n) is 8.33. The summed E-state index contributed by atoms with van der Waals surface area (Å²) in [4.78, 5) is 13.1. The highest BCUT2D eigenvalue weighted by molar-refractivity contribution is 6.19. The Morgan fingerprint density at radius 1 is 0.455 bits per heavy atom. The zero-order valence-corrected chi connectivity index (χ0v) is 30.0. The Balaban J connectivity index is 1.14. The van der Waals surface area contributed by atoms with Gasteiger partial charge >= 0.3 is 0 Å². The molecule has 0 N–H and O–H groups in total. The van der Waals surface area contributed by atoms with E-state index in [0.29, 0.717) is 5.84 Å². The smallest absolute Gasteiger partial charge is 0.159 e. The molecule has 260 valence electrons. The van der Waals surface area contributed by atoms with Crippen molar-refractivity contribution in [1.82, 2.24) is 4.90 Å². The molecule has 0 amide bonds. The topological polar surface area (TPSA) is 54.2 Å². The maximum atomic E-state index is 6.36. The Hall–Kier alpha value is -7.24. The third kappa shape index (κ3) is 5.08. The van der Waals surface area contributed by atoms with Gasteiger partial charge in [0, 0.05) is 45.3 Å². The van der Waals surface area contributed by atoms with Crippen LogP contribution in [0.15, 0.2) is 195 Å². The van der Waals surface area contributed by atoms with Crippen molar-refractivity contribution in [2.24, 2.45) is 9.98 Å². The quantitative estimate of drug-likeness (QED) is 0.179. The van der Waals surface area contributed by atoms with Gasteiger partial charge in [-0.25, -0.2) is 9.98 Å². The van der Waals surface area contributed by atoms with Crippen molar-refractivity contribution in [2.75, 3.05) is 7.05 Å². The van der Waals surface area contributed by atoms with Crippen molar-refractivity contribution in [2.45, 2.75) is 6.17 Å². The van der Waals surface area contributed by atoms with Crippen LogP contribution >= 0.6 is 0 Å². The summed E-state index contributed by atoms with van der Waals surface area (Å²) in [6.07, 6.45) is -0.378. The molecule has 1 unspecified atom stereocenters. The Bertz CT molecular complexity index is 3170. The van der Waals surface area contributed by atoms with E-state index >= 15 is 0 Å². The highest BCUT2D eigenvalue weighted by Gasteiger charge is 2.30. The predicted molar refractivity (Wildman–Crippen MR) is 226 cm³/mol. The van der Waals surface area contributed by atoms with E-state index in [9.17, 15) is 0 Å². The number of fused-ring (bicyclic) bond motifs is 7. The van der Waals surface area contributed by atoms with E-state index < -0.39 is 0 Å². The van der Waals surface area contributed by atoms with E-state index in [1.165, 1.54) is 5.56 Å². The van der Waals surface area contributed by atoms with Crippen molar-refractivity contribution in [3.05, 3.63) is 193 Å². The van der Waals surface area contributed by atoms with Crippen molar-refractivity contribution >= 4 is 66.3 Å². The van der Waals surface area contributed by atoms with E-state index in [2.05, 4.69) is 151 Å². The predicted octanol–water partition coefficient (Wildman–Crippen LogP) is 12.8. The Labute approximate surface area is 317 Å². The summed E-state index contributed by atoms with van der Waals surface area (Å²) >= 11 is 0. The maximum absolute atomic E-state index is 6.36. The van der Waals surface area contributed by atoms with Crippen molar-refractivity contribution in [3.63, 3.8) is 0 Å². The fraction of sp³-hybridized carbons (Fsp3) is 0.0400. The molecule has 55 heavy (non-hydrogen) atoms. The van der Waals surface area contributed by atoms with E-state index in [-0.39, 0.29) is 6.17 Å². The molecule has 0 aliphatic carbocycles. The minimum atomic E-state index is -0.378. The van der Waals surface area contributed by atoms with E-state index in [4.69, 9.17) is 18.8 Å². The summed E-state index contributed by atoms with van der Waals surface area (Å²) in [6, 6.07) is 61.3. The van der Waals surface area contributed by atoms with Crippen LogP contribution in [-0.4, -0.2) is 23.6 Å². The summed E-state index contributed by atoms with van der Waals surface area (Å²) in [5.74, 6) is 1.52. The van der Waals surface area contributed by atoms with Gasteiger partial charge in [-0.2, -0.15) is 0 Å². The number of hydrogen-bond donors (Lipinski definition) is 0. The molecule has 0 spiro atoms. The van der Waals surface area contributed by atoms with Gasteiger partial charge in [-0.05, 0) is 69.4 Å². The molecule has 0 saturated heterocycles. The van der Waals surface area contributed by atoms with E-state index in [0.717, 1.165) is 93.9 Å². The number of para-hydroxylation sites is 2. The number of benzene rings is 8. The van der Waals surface area contributed by atoms with Crippen molar-refractivity contribution < 1.29 is 8.83 Å². The van der Waals surface area contributed by atoms with Crippen LogP contribution in [0, 0.1) is 0 Å². The average molecular weight is 708 g/mol.